The van der Waals surface area contributed by atoms with Gasteiger partial charge >= 0.3 is 0 Å². The van der Waals surface area contributed by atoms with Gasteiger partial charge in [-0.05, 0) is 19.1 Å². The van der Waals surface area contributed by atoms with Crippen LogP contribution in [0, 0.1) is 0 Å². The molecule has 0 aliphatic heterocycles. The average molecular weight is 266 g/mol. The highest BCUT2D eigenvalue weighted by Gasteiger charge is 2.16. The quantitative estimate of drug-likeness (QED) is 0.892. The minimum absolute atomic E-state index is 0.279. The van der Waals surface area contributed by atoms with Gasteiger partial charge in [0.2, 0.25) is 0 Å². The second-order valence-corrected chi connectivity index (χ2v) is 4.06. The Labute approximate surface area is 109 Å². The van der Waals surface area contributed by atoms with Crippen molar-refractivity contribution in [3.05, 3.63) is 41.6 Å². The highest BCUT2D eigenvalue weighted by atomic mass is 35.5. The number of amides is 1. The van der Waals surface area contributed by atoms with Crippen LogP contribution in [0.4, 0.5) is 5.82 Å². The van der Waals surface area contributed by atoms with Gasteiger partial charge in [-0.1, -0.05) is 23.7 Å². The van der Waals surface area contributed by atoms with Crippen molar-refractivity contribution in [2.45, 2.75) is 13.0 Å². The molecular formula is C12H12ClN3O2. The van der Waals surface area contributed by atoms with E-state index in [1.54, 1.807) is 43.5 Å². The molecule has 5 nitrogen and oxygen atoms in total. The lowest BCUT2D eigenvalue weighted by molar-refractivity contribution is -0.122. The number of halogens is 1. The monoisotopic (exact) mass is 265 g/mol. The minimum atomic E-state index is -0.659. The van der Waals surface area contributed by atoms with E-state index in [1.807, 2.05) is 0 Å². The Morgan fingerprint density at radius 3 is 2.89 bits per heavy atom. The summed E-state index contributed by atoms with van der Waals surface area (Å²) >= 11 is 5.94. The Bertz CT molecular complexity index is 528. The third kappa shape index (κ3) is 3.01. The summed E-state index contributed by atoms with van der Waals surface area (Å²) in [5.41, 5.74) is 0. The number of anilines is 1. The molecule has 0 saturated carbocycles. The molecule has 1 atom stereocenters. The molecule has 18 heavy (non-hydrogen) atoms. The first-order valence-electron chi connectivity index (χ1n) is 5.38. The van der Waals surface area contributed by atoms with Gasteiger partial charge in [-0.15, -0.1) is 0 Å². The standard InChI is InChI=1S/C12H12ClN3O2/c1-8(12(17)15-11-6-7-14-16-11)18-10-5-3-2-4-9(10)13/h2-8H,1H3,(H2,14,15,16,17). The van der Waals surface area contributed by atoms with Gasteiger partial charge in [0.05, 0.1) is 11.2 Å². The van der Waals surface area contributed by atoms with E-state index >= 15 is 0 Å². The summed E-state index contributed by atoms with van der Waals surface area (Å²) in [4.78, 5) is 11.8. The van der Waals surface area contributed by atoms with Crippen LogP contribution in [-0.2, 0) is 4.79 Å². The topological polar surface area (TPSA) is 67.0 Å². The summed E-state index contributed by atoms with van der Waals surface area (Å²) in [6.45, 7) is 1.65. The van der Waals surface area contributed by atoms with Gasteiger partial charge in [0.25, 0.3) is 5.91 Å². The van der Waals surface area contributed by atoms with Crippen LogP contribution in [0.1, 0.15) is 6.92 Å². The first-order valence-corrected chi connectivity index (χ1v) is 5.76. The van der Waals surface area contributed by atoms with Crippen LogP contribution >= 0.6 is 11.6 Å². The fourth-order valence-corrected chi connectivity index (χ4v) is 1.52. The van der Waals surface area contributed by atoms with E-state index in [9.17, 15) is 4.79 Å². The number of aromatic amines is 1. The number of nitrogens with one attached hydrogen (secondary N) is 2. The molecule has 0 aliphatic carbocycles. The number of rotatable bonds is 4. The van der Waals surface area contributed by atoms with Gasteiger partial charge in [0.1, 0.15) is 11.6 Å². The average Bonchev–Trinajstić information content (AvgIpc) is 2.84. The Morgan fingerprint density at radius 1 is 1.44 bits per heavy atom. The molecule has 0 aliphatic rings. The van der Waals surface area contributed by atoms with Crippen molar-refractivity contribution in [3.63, 3.8) is 0 Å². The van der Waals surface area contributed by atoms with Gasteiger partial charge in [-0.3, -0.25) is 9.89 Å². The number of H-pyrrole nitrogens is 1. The third-order valence-corrected chi connectivity index (χ3v) is 2.58. The van der Waals surface area contributed by atoms with E-state index in [0.29, 0.717) is 16.6 Å². The van der Waals surface area contributed by atoms with Crippen molar-refractivity contribution < 1.29 is 9.53 Å². The highest BCUT2D eigenvalue weighted by molar-refractivity contribution is 6.32. The molecule has 2 N–H and O–H groups in total. The van der Waals surface area contributed by atoms with Crippen LogP contribution in [0.15, 0.2) is 36.5 Å². The summed E-state index contributed by atoms with van der Waals surface area (Å²) in [7, 11) is 0. The fraction of sp³-hybridized carbons (Fsp3) is 0.167. The van der Waals surface area contributed by atoms with Gasteiger partial charge in [0.15, 0.2) is 6.10 Å². The van der Waals surface area contributed by atoms with Crippen molar-refractivity contribution in [3.8, 4) is 5.75 Å². The van der Waals surface area contributed by atoms with Gasteiger partial charge in [-0.25, -0.2) is 0 Å². The van der Waals surface area contributed by atoms with E-state index in [-0.39, 0.29) is 5.91 Å². The van der Waals surface area contributed by atoms with Crippen LogP contribution in [0.3, 0.4) is 0 Å². The number of hydrogen-bond acceptors (Lipinski definition) is 3. The zero-order chi connectivity index (χ0) is 13.0. The van der Waals surface area contributed by atoms with E-state index in [0.717, 1.165) is 0 Å². The maximum absolute atomic E-state index is 11.8. The summed E-state index contributed by atoms with van der Waals surface area (Å²) < 4.78 is 5.48. The van der Waals surface area contributed by atoms with Crippen LogP contribution in [0.25, 0.3) is 0 Å². The number of ether oxygens (including phenoxy) is 1. The Morgan fingerprint density at radius 2 is 2.22 bits per heavy atom. The van der Waals surface area contributed by atoms with Gasteiger partial charge in [0, 0.05) is 6.07 Å². The number of carbonyl (C=O) groups is 1. The molecule has 1 aromatic carbocycles. The zero-order valence-electron chi connectivity index (χ0n) is 9.68. The fourth-order valence-electron chi connectivity index (χ4n) is 1.34. The third-order valence-electron chi connectivity index (χ3n) is 2.27. The number of carbonyl (C=O) groups excluding carboxylic acids is 1. The normalized spacial score (nSPS) is 11.9. The smallest absolute Gasteiger partial charge is 0.266 e. The van der Waals surface area contributed by atoms with E-state index in [1.165, 1.54) is 0 Å². The van der Waals surface area contributed by atoms with Crippen LogP contribution in [0.2, 0.25) is 5.02 Å². The molecule has 2 rings (SSSR count). The molecule has 1 heterocycles. The van der Waals surface area contributed by atoms with Crippen LogP contribution in [-0.4, -0.2) is 22.2 Å². The molecule has 0 fully saturated rings. The molecule has 0 saturated heterocycles. The van der Waals surface area contributed by atoms with E-state index in [4.69, 9.17) is 16.3 Å². The Hall–Kier alpha value is -2.01. The lowest BCUT2D eigenvalue weighted by Crippen LogP contribution is -2.30. The molecular weight excluding hydrogens is 254 g/mol. The highest BCUT2D eigenvalue weighted by Crippen LogP contribution is 2.24. The SMILES string of the molecule is CC(Oc1ccccc1Cl)C(=O)Nc1ccn[nH]1. The lowest BCUT2D eigenvalue weighted by atomic mass is 10.3. The van der Waals surface area contributed by atoms with Crippen molar-refractivity contribution in [1.29, 1.82) is 0 Å². The summed E-state index contributed by atoms with van der Waals surface area (Å²) in [5, 5.41) is 9.47. The van der Waals surface area contributed by atoms with Gasteiger partial charge < -0.3 is 10.1 Å². The maximum Gasteiger partial charge on any atom is 0.266 e. The summed E-state index contributed by atoms with van der Waals surface area (Å²) in [5.74, 6) is 0.722. The second-order valence-electron chi connectivity index (χ2n) is 3.65. The summed E-state index contributed by atoms with van der Waals surface area (Å²) in [6, 6.07) is 8.66. The van der Waals surface area contributed by atoms with Crippen molar-refractivity contribution >= 4 is 23.3 Å². The molecule has 1 aromatic heterocycles. The molecule has 1 unspecified atom stereocenters. The van der Waals surface area contributed by atoms with Gasteiger partial charge in [-0.2, -0.15) is 5.10 Å². The van der Waals surface area contributed by atoms with Crippen molar-refractivity contribution in [2.75, 3.05) is 5.32 Å². The maximum atomic E-state index is 11.8. The molecule has 2 aromatic rings. The molecule has 0 bridgehead atoms. The molecule has 0 radical (unpaired) electrons. The van der Waals surface area contributed by atoms with Crippen LogP contribution < -0.4 is 10.1 Å². The van der Waals surface area contributed by atoms with E-state index < -0.39 is 6.10 Å². The largest absolute Gasteiger partial charge is 0.479 e. The zero-order valence-corrected chi connectivity index (χ0v) is 10.4. The number of aromatic nitrogens is 2. The number of nitrogens with zero attached hydrogens (tertiary/aromatic N) is 1. The second kappa shape index (κ2) is 5.55. The Balaban J connectivity index is 1.97. The Kier molecular flexibility index (Phi) is 3.84. The first-order chi connectivity index (χ1) is 8.66. The molecule has 6 heteroatoms. The predicted molar refractivity (Wildman–Crippen MR) is 68.8 cm³/mol. The van der Waals surface area contributed by atoms with Crippen molar-refractivity contribution in [2.24, 2.45) is 0 Å². The molecule has 1 amide bonds. The number of benzene rings is 1. The number of hydrogen-bond donors (Lipinski definition) is 2. The first kappa shape index (κ1) is 12.4. The number of para-hydroxylation sites is 1. The molecule has 0 spiro atoms. The van der Waals surface area contributed by atoms with E-state index in [2.05, 4.69) is 15.5 Å². The molecule has 94 valence electrons. The minimum Gasteiger partial charge on any atom is -0.479 e. The predicted octanol–water partition coefficient (Wildman–Crippen LogP) is 2.47. The lowest BCUT2D eigenvalue weighted by Gasteiger charge is -2.14. The van der Waals surface area contributed by atoms with Crippen molar-refractivity contribution in [1.82, 2.24) is 10.2 Å². The summed E-state index contributed by atoms with van der Waals surface area (Å²) in [6.07, 6.45) is 0.892. The van der Waals surface area contributed by atoms with Crippen LogP contribution in [0.5, 0.6) is 5.75 Å².